The monoisotopic (exact) mass is 318 g/mol. The van der Waals surface area contributed by atoms with Gasteiger partial charge in [-0.05, 0) is 36.7 Å². The Balaban J connectivity index is 1.90. The van der Waals surface area contributed by atoms with Gasteiger partial charge < -0.3 is 10.6 Å². The third-order valence-corrected chi connectivity index (χ3v) is 4.88. The summed E-state index contributed by atoms with van der Waals surface area (Å²) in [7, 11) is 2.16. The van der Waals surface area contributed by atoms with Crippen molar-refractivity contribution in [2.75, 3.05) is 19.3 Å². The molecule has 3 heterocycles. The molecule has 24 heavy (non-hydrogen) atoms. The average molecular weight is 318 g/mol. The van der Waals surface area contributed by atoms with Gasteiger partial charge in [0.2, 0.25) is 0 Å². The summed E-state index contributed by atoms with van der Waals surface area (Å²) >= 11 is 0. The SMILES string of the molecule is CCc1cc(-c2cccc3cc4c(nc23)CCN(C)C4)cnc1N. The van der Waals surface area contributed by atoms with Crippen molar-refractivity contribution >= 4 is 16.7 Å². The van der Waals surface area contributed by atoms with Crippen LogP contribution < -0.4 is 5.73 Å². The van der Waals surface area contributed by atoms with Gasteiger partial charge in [-0.15, -0.1) is 0 Å². The molecule has 3 aromatic rings. The number of benzene rings is 1. The molecule has 0 saturated carbocycles. The van der Waals surface area contributed by atoms with E-state index in [0.717, 1.165) is 48.1 Å². The number of pyridine rings is 2. The summed E-state index contributed by atoms with van der Waals surface area (Å²) in [5.41, 5.74) is 12.9. The van der Waals surface area contributed by atoms with E-state index in [2.05, 4.69) is 54.2 Å². The lowest BCUT2D eigenvalue weighted by atomic mass is 9.98. The predicted molar refractivity (Wildman–Crippen MR) is 98.8 cm³/mol. The first kappa shape index (κ1) is 15.1. The van der Waals surface area contributed by atoms with E-state index in [0.29, 0.717) is 5.82 Å². The molecule has 0 amide bonds. The quantitative estimate of drug-likeness (QED) is 0.786. The fourth-order valence-corrected chi connectivity index (χ4v) is 3.48. The van der Waals surface area contributed by atoms with Crippen molar-refractivity contribution in [2.24, 2.45) is 0 Å². The highest BCUT2D eigenvalue weighted by molar-refractivity contribution is 5.94. The number of aromatic nitrogens is 2. The number of nitrogens with zero attached hydrogens (tertiary/aromatic N) is 3. The number of para-hydroxylation sites is 1. The molecule has 0 radical (unpaired) electrons. The number of aryl methyl sites for hydroxylation is 1. The molecule has 0 fully saturated rings. The zero-order chi connectivity index (χ0) is 16.7. The van der Waals surface area contributed by atoms with Gasteiger partial charge in [0.15, 0.2) is 0 Å². The molecule has 0 aliphatic carbocycles. The minimum Gasteiger partial charge on any atom is -0.383 e. The Kier molecular flexibility index (Phi) is 3.69. The molecule has 0 bridgehead atoms. The molecule has 0 atom stereocenters. The van der Waals surface area contributed by atoms with Crippen LogP contribution in [0.15, 0.2) is 36.5 Å². The van der Waals surface area contributed by atoms with E-state index in [9.17, 15) is 0 Å². The van der Waals surface area contributed by atoms with Crippen molar-refractivity contribution < 1.29 is 0 Å². The molecule has 122 valence electrons. The van der Waals surface area contributed by atoms with Gasteiger partial charge in [0.1, 0.15) is 5.82 Å². The highest BCUT2D eigenvalue weighted by Gasteiger charge is 2.17. The third kappa shape index (κ3) is 2.53. The first-order chi connectivity index (χ1) is 11.7. The highest BCUT2D eigenvalue weighted by atomic mass is 15.1. The molecule has 0 spiro atoms. The largest absolute Gasteiger partial charge is 0.383 e. The van der Waals surface area contributed by atoms with Gasteiger partial charge in [-0.1, -0.05) is 25.1 Å². The van der Waals surface area contributed by atoms with Crippen LogP contribution >= 0.6 is 0 Å². The lowest BCUT2D eigenvalue weighted by Gasteiger charge is -2.24. The maximum Gasteiger partial charge on any atom is 0.126 e. The molecular weight excluding hydrogens is 296 g/mol. The number of nitrogen functional groups attached to an aromatic ring is 1. The Morgan fingerprint density at radius 2 is 2.12 bits per heavy atom. The minimum absolute atomic E-state index is 0.620. The van der Waals surface area contributed by atoms with Crippen LogP contribution in [0.5, 0.6) is 0 Å². The Bertz CT molecular complexity index is 917. The van der Waals surface area contributed by atoms with E-state index in [1.54, 1.807) is 0 Å². The second-order valence-electron chi connectivity index (χ2n) is 6.58. The van der Waals surface area contributed by atoms with Crippen molar-refractivity contribution in [1.82, 2.24) is 14.9 Å². The molecule has 1 aromatic carbocycles. The van der Waals surface area contributed by atoms with Crippen molar-refractivity contribution in [3.8, 4) is 11.1 Å². The van der Waals surface area contributed by atoms with Gasteiger partial charge in [-0.3, -0.25) is 4.98 Å². The summed E-state index contributed by atoms with van der Waals surface area (Å²) in [4.78, 5) is 11.7. The van der Waals surface area contributed by atoms with Crippen LogP contribution in [0.25, 0.3) is 22.0 Å². The smallest absolute Gasteiger partial charge is 0.126 e. The van der Waals surface area contributed by atoms with E-state index < -0.39 is 0 Å². The molecule has 2 aromatic heterocycles. The molecule has 0 unspecified atom stereocenters. The standard InChI is InChI=1S/C20H22N4/c1-3-13-9-15(11-22-20(13)21)17-6-4-5-14-10-16-12-24(2)8-7-18(16)23-19(14)17/h4-6,9-11H,3,7-8,12H2,1-2H3,(H2,21,22). The summed E-state index contributed by atoms with van der Waals surface area (Å²) in [6.45, 7) is 4.15. The molecule has 1 aliphatic heterocycles. The van der Waals surface area contributed by atoms with Crippen molar-refractivity contribution in [3.63, 3.8) is 0 Å². The lowest BCUT2D eigenvalue weighted by Crippen LogP contribution is -2.27. The first-order valence-corrected chi connectivity index (χ1v) is 8.50. The van der Waals surface area contributed by atoms with Crippen LogP contribution in [-0.2, 0) is 19.4 Å². The van der Waals surface area contributed by atoms with Gasteiger partial charge in [-0.2, -0.15) is 0 Å². The van der Waals surface area contributed by atoms with Crippen LogP contribution in [0, 0.1) is 0 Å². The maximum absolute atomic E-state index is 5.96. The fraction of sp³-hybridized carbons (Fsp3) is 0.300. The van der Waals surface area contributed by atoms with E-state index in [1.807, 2.05) is 6.20 Å². The minimum atomic E-state index is 0.620. The Hall–Kier alpha value is -2.46. The van der Waals surface area contributed by atoms with Gasteiger partial charge in [0.05, 0.1) is 5.52 Å². The molecule has 4 heteroatoms. The van der Waals surface area contributed by atoms with E-state index in [-0.39, 0.29) is 0 Å². The molecule has 2 N–H and O–H groups in total. The van der Waals surface area contributed by atoms with Crippen LogP contribution in [0.1, 0.15) is 23.7 Å². The third-order valence-electron chi connectivity index (χ3n) is 4.88. The molecular formula is C20H22N4. The molecule has 0 saturated heterocycles. The number of hydrogen-bond donors (Lipinski definition) is 1. The second-order valence-corrected chi connectivity index (χ2v) is 6.58. The number of nitrogens with two attached hydrogens (primary N) is 1. The summed E-state index contributed by atoms with van der Waals surface area (Å²) in [6.07, 6.45) is 3.75. The summed E-state index contributed by atoms with van der Waals surface area (Å²) in [5, 5.41) is 1.19. The van der Waals surface area contributed by atoms with Crippen LogP contribution in [0.2, 0.25) is 0 Å². The van der Waals surface area contributed by atoms with Crippen LogP contribution in [-0.4, -0.2) is 28.5 Å². The zero-order valence-corrected chi connectivity index (χ0v) is 14.2. The molecule has 4 nitrogen and oxygen atoms in total. The first-order valence-electron chi connectivity index (χ1n) is 8.50. The number of fused-ring (bicyclic) bond motifs is 2. The number of anilines is 1. The van der Waals surface area contributed by atoms with Crippen molar-refractivity contribution in [2.45, 2.75) is 26.3 Å². The number of likely N-dealkylation sites (N-methyl/N-ethyl adjacent to an activating group) is 1. The summed E-state index contributed by atoms with van der Waals surface area (Å²) in [5.74, 6) is 0.620. The summed E-state index contributed by atoms with van der Waals surface area (Å²) in [6, 6.07) is 10.8. The Morgan fingerprint density at radius 3 is 2.96 bits per heavy atom. The lowest BCUT2D eigenvalue weighted by molar-refractivity contribution is 0.310. The normalized spacial score (nSPS) is 14.8. The number of rotatable bonds is 2. The van der Waals surface area contributed by atoms with E-state index >= 15 is 0 Å². The van der Waals surface area contributed by atoms with Crippen LogP contribution in [0.3, 0.4) is 0 Å². The summed E-state index contributed by atoms with van der Waals surface area (Å²) < 4.78 is 0. The molecule has 1 aliphatic rings. The van der Waals surface area contributed by atoms with E-state index in [1.165, 1.54) is 16.6 Å². The zero-order valence-electron chi connectivity index (χ0n) is 14.2. The van der Waals surface area contributed by atoms with Gasteiger partial charge in [0, 0.05) is 47.9 Å². The second kappa shape index (κ2) is 5.87. The predicted octanol–water partition coefficient (Wildman–Crippen LogP) is 3.43. The van der Waals surface area contributed by atoms with Crippen molar-refractivity contribution in [1.29, 1.82) is 0 Å². The Labute approximate surface area is 142 Å². The van der Waals surface area contributed by atoms with Gasteiger partial charge in [-0.25, -0.2) is 4.98 Å². The topological polar surface area (TPSA) is 55.0 Å². The average Bonchev–Trinajstić information content (AvgIpc) is 2.60. The molecule has 4 rings (SSSR count). The number of hydrogen-bond acceptors (Lipinski definition) is 4. The maximum atomic E-state index is 5.96. The van der Waals surface area contributed by atoms with Gasteiger partial charge in [0.25, 0.3) is 0 Å². The van der Waals surface area contributed by atoms with E-state index in [4.69, 9.17) is 10.7 Å². The highest BCUT2D eigenvalue weighted by Crippen LogP contribution is 2.31. The van der Waals surface area contributed by atoms with Crippen LogP contribution in [0.4, 0.5) is 5.82 Å². The van der Waals surface area contributed by atoms with Gasteiger partial charge >= 0.3 is 0 Å². The van der Waals surface area contributed by atoms with Crippen molar-refractivity contribution in [3.05, 3.63) is 53.3 Å². The Morgan fingerprint density at radius 1 is 1.25 bits per heavy atom. The fourth-order valence-electron chi connectivity index (χ4n) is 3.48.